The summed E-state index contributed by atoms with van der Waals surface area (Å²) >= 11 is 1.62. The minimum absolute atomic E-state index is 0.178. The van der Waals surface area contributed by atoms with E-state index in [1.807, 2.05) is 5.38 Å². The van der Waals surface area contributed by atoms with Gasteiger partial charge >= 0.3 is 0 Å². The zero-order valence-corrected chi connectivity index (χ0v) is 9.55. The summed E-state index contributed by atoms with van der Waals surface area (Å²) in [7, 11) is 0. The largest absolute Gasteiger partial charge is 0.353 e. The van der Waals surface area contributed by atoms with Gasteiger partial charge < -0.3 is 5.32 Å². The zero-order chi connectivity index (χ0) is 10.5. The van der Waals surface area contributed by atoms with Crippen LogP contribution in [0.3, 0.4) is 0 Å². The Morgan fingerprint density at radius 2 is 2.33 bits per heavy atom. The van der Waals surface area contributed by atoms with Crippen molar-refractivity contribution in [2.45, 2.75) is 44.6 Å². The van der Waals surface area contributed by atoms with Crippen LogP contribution in [-0.2, 0) is 11.2 Å². The van der Waals surface area contributed by atoms with Gasteiger partial charge in [-0.05, 0) is 12.8 Å². The van der Waals surface area contributed by atoms with E-state index in [1.165, 1.54) is 12.8 Å². The summed E-state index contributed by atoms with van der Waals surface area (Å²) in [6.07, 6.45) is 7.97. The molecule has 0 saturated heterocycles. The molecule has 82 valence electrons. The summed E-state index contributed by atoms with van der Waals surface area (Å²) in [4.78, 5) is 15.7. The van der Waals surface area contributed by atoms with Crippen LogP contribution in [0.1, 0.15) is 37.1 Å². The van der Waals surface area contributed by atoms with Crippen molar-refractivity contribution in [3.05, 3.63) is 16.6 Å². The van der Waals surface area contributed by atoms with E-state index in [0.717, 1.165) is 24.3 Å². The van der Waals surface area contributed by atoms with Crippen LogP contribution in [0.4, 0.5) is 0 Å². The molecule has 1 aromatic rings. The molecule has 1 fully saturated rings. The summed E-state index contributed by atoms with van der Waals surface area (Å²) in [6, 6.07) is 0.439. The topological polar surface area (TPSA) is 42.0 Å². The van der Waals surface area contributed by atoms with Gasteiger partial charge in [0, 0.05) is 30.5 Å². The van der Waals surface area contributed by atoms with E-state index < -0.39 is 0 Å². The number of thiazole rings is 1. The molecule has 15 heavy (non-hydrogen) atoms. The second-order valence-electron chi connectivity index (χ2n) is 3.97. The van der Waals surface area contributed by atoms with Gasteiger partial charge in [-0.2, -0.15) is 0 Å². The van der Waals surface area contributed by atoms with Crippen molar-refractivity contribution in [3.63, 3.8) is 0 Å². The Hall–Kier alpha value is -0.900. The zero-order valence-electron chi connectivity index (χ0n) is 8.74. The number of aryl methyl sites for hydroxylation is 1. The third kappa shape index (κ3) is 3.30. The van der Waals surface area contributed by atoms with E-state index in [4.69, 9.17) is 0 Å². The molecule has 1 heterocycles. The molecular formula is C11H16N2OS. The van der Waals surface area contributed by atoms with Crippen molar-refractivity contribution in [2.75, 3.05) is 0 Å². The summed E-state index contributed by atoms with van der Waals surface area (Å²) in [5.74, 6) is 0.178. The smallest absolute Gasteiger partial charge is 0.220 e. The predicted octanol–water partition coefficient (Wildman–Crippen LogP) is 2.13. The van der Waals surface area contributed by atoms with E-state index >= 15 is 0 Å². The van der Waals surface area contributed by atoms with Gasteiger partial charge in [0.2, 0.25) is 5.91 Å². The second-order valence-corrected chi connectivity index (χ2v) is 4.95. The number of rotatable bonds is 4. The van der Waals surface area contributed by atoms with Gasteiger partial charge in [-0.25, -0.2) is 4.98 Å². The number of hydrogen-bond donors (Lipinski definition) is 1. The first kappa shape index (κ1) is 10.6. The molecule has 1 aliphatic carbocycles. The maximum Gasteiger partial charge on any atom is 0.220 e. The first-order valence-electron chi connectivity index (χ1n) is 5.52. The quantitative estimate of drug-likeness (QED) is 0.851. The Labute approximate surface area is 93.9 Å². The van der Waals surface area contributed by atoms with Crippen molar-refractivity contribution in [1.82, 2.24) is 10.3 Å². The molecule has 3 nitrogen and oxygen atoms in total. The number of nitrogens with zero attached hydrogens (tertiary/aromatic N) is 1. The summed E-state index contributed by atoms with van der Waals surface area (Å²) in [5.41, 5.74) is 0. The number of hydrogen-bond acceptors (Lipinski definition) is 3. The number of carbonyl (C=O) groups excluding carboxylic acids is 1. The van der Waals surface area contributed by atoms with Gasteiger partial charge in [0.05, 0.1) is 5.01 Å². The Morgan fingerprint density at radius 1 is 1.53 bits per heavy atom. The molecule has 0 unspecified atom stereocenters. The van der Waals surface area contributed by atoms with Gasteiger partial charge in [-0.1, -0.05) is 12.8 Å². The number of amides is 1. The van der Waals surface area contributed by atoms with E-state index in [-0.39, 0.29) is 5.91 Å². The average Bonchev–Trinajstić information content (AvgIpc) is 2.86. The van der Waals surface area contributed by atoms with Crippen molar-refractivity contribution in [3.8, 4) is 0 Å². The van der Waals surface area contributed by atoms with E-state index in [2.05, 4.69) is 10.3 Å². The molecule has 4 heteroatoms. The highest BCUT2D eigenvalue weighted by Gasteiger charge is 2.16. The van der Waals surface area contributed by atoms with Crippen molar-refractivity contribution in [2.24, 2.45) is 0 Å². The highest BCUT2D eigenvalue weighted by molar-refractivity contribution is 7.09. The van der Waals surface area contributed by atoms with Crippen LogP contribution in [0.25, 0.3) is 0 Å². The molecule has 2 rings (SSSR count). The van der Waals surface area contributed by atoms with Crippen LogP contribution < -0.4 is 5.32 Å². The minimum atomic E-state index is 0.178. The van der Waals surface area contributed by atoms with Crippen molar-refractivity contribution < 1.29 is 4.79 Å². The lowest BCUT2D eigenvalue weighted by Crippen LogP contribution is -2.32. The van der Waals surface area contributed by atoms with Gasteiger partial charge in [0.25, 0.3) is 0 Å². The van der Waals surface area contributed by atoms with E-state index in [0.29, 0.717) is 12.5 Å². The van der Waals surface area contributed by atoms with Crippen LogP contribution in [0.15, 0.2) is 11.6 Å². The lowest BCUT2D eigenvalue weighted by molar-refractivity contribution is -0.121. The highest BCUT2D eigenvalue weighted by atomic mass is 32.1. The maximum absolute atomic E-state index is 11.6. The van der Waals surface area contributed by atoms with Crippen LogP contribution in [0, 0.1) is 0 Å². The minimum Gasteiger partial charge on any atom is -0.353 e. The highest BCUT2D eigenvalue weighted by Crippen LogP contribution is 2.17. The fraction of sp³-hybridized carbons (Fsp3) is 0.636. The third-order valence-electron chi connectivity index (χ3n) is 2.77. The predicted molar refractivity (Wildman–Crippen MR) is 60.8 cm³/mol. The standard InChI is InChI=1S/C11H16N2OS/c14-10(13-9-3-1-2-4-9)5-6-11-12-7-8-15-11/h7-9H,1-6H2,(H,13,14). The van der Waals surface area contributed by atoms with Gasteiger partial charge in [0.1, 0.15) is 0 Å². The molecule has 0 bridgehead atoms. The van der Waals surface area contributed by atoms with Gasteiger partial charge in [-0.15, -0.1) is 11.3 Å². The average molecular weight is 224 g/mol. The molecule has 1 N–H and O–H groups in total. The summed E-state index contributed by atoms with van der Waals surface area (Å²) < 4.78 is 0. The third-order valence-corrected chi connectivity index (χ3v) is 3.61. The number of nitrogens with one attached hydrogen (secondary N) is 1. The number of aromatic nitrogens is 1. The Kier molecular flexibility index (Phi) is 3.72. The Balaban J connectivity index is 1.68. The SMILES string of the molecule is O=C(CCc1nccs1)NC1CCCC1. The fourth-order valence-corrected chi connectivity index (χ4v) is 2.59. The van der Waals surface area contributed by atoms with Crippen molar-refractivity contribution in [1.29, 1.82) is 0 Å². The molecule has 0 radical (unpaired) electrons. The Morgan fingerprint density at radius 3 is 3.00 bits per heavy atom. The van der Waals surface area contributed by atoms with E-state index in [9.17, 15) is 4.79 Å². The van der Waals surface area contributed by atoms with Crippen LogP contribution >= 0.6 is 11.3 Å². The molecule has 0 aliphatic heterocycles. The lowest BCUT2D eigenvalue weighted by Gasteiger charge is -2.10. The maximum atomic E-state index is 11.6. The number of carbonyl (C=O) groups is 1. The Bertz CT molecular complexity index is 304. The summed E-state index contributed by atoms with van der Waals surface area (Å²) in [5, 5.41) is 6.08. The summed E-state index contributed by atoms with van der Waals surface area (Å²) in [6.45, 7) is 0. The molecule has 1 saturated carbocycles. The monoisotopic (exact) mass is 224 g/mol. The molecule has 1 aliphatic rings. The molecule has 1 aromatic heterocycles. The molecule has 0 atom stereocenters. The van der Waals surface area contributed by atoms with Crippen LogP contribution in [0.5, 0.6) is 0 Å². The van der Waals surface area contributed by atoms with Crippen LogP contribution in [-0.4, -0.2) is 16.9 Å². The fourth-order valence-electron chi connectivity index (χ4n) is 1.97. The van der Waals surface area contributed by atoms with E-state index in [1.54, 1.807) is 17.5 Å². The molecular weight excluding hydrogens is 208 g/mol. The van der Waals surface area contributed by atoms with Gasteiger partial charge in [0.15, 0.2) is 0 Å². The first-order chi connectivity index (χ1) is 7.34. The first-order valence-corrected chi connectivity index (χ1v) is 6.40. The second kappa shape index (κ2) is 5.26. The normalized spacial score (nSPS) is 16.8. The molecule has 0 spiro atoms. The lowest BCUT2D eigenvalue weighted by atomic mass is 10.2. The van der Waals surface area contributed by atoms with Crippen molar-refractivity contribution >= 4 is 17.2 Å². The van der Waals surface area contributed by atoms with Crippen LogP contribution in [0.2, 0.25) is 0 Å². The molecule has 1 amide bonds. The van der Waals surface area contributed by atoms with Gasteiger partial charge in [-0.3, -0.25) is 4.79 Å². The molecule has 0 aromatic carbocycles.